The number of aromatic nitrogens is 2. The largest absolute Gasteiger partial charge is 0.343 e. The van der Waals surface area contributed by atoms with Gasteiger partial charge in [0.15, 0.2) is 5.82 Å². The summed E-state index contributed by atoms with van der Waals surface area (Å²) in [5, 5.41) is 7.17. The minimum absolute atomic E-state index is 0.600. The molecule has 1 aromatic rings. The molecule has 1 aliphatic rings. The van der Waals surface area contributed by atoms with Gasteiger partial charge in [-0.05, 0) is 11.7 Å². The standard InChI is InChI=1S/C8H13N3OS/c1-6-3-13-4-7(6)9-2-8-10-5-12-11-8/h5-7,9H,2-4H2,1H3. The lowest BCUT2D eigenvalue weighted by Gasteiger charge is -2.14. The summed E-state index contributed by atoms with van der Waals surface area (Å²) in [6.45, 7) is 2.99. The Morgan fingerprint density at radius 2 is 2.62 bits per heavy atom. The molecule has 72 valence electrons. The Morgan fingerprint density at radius 1 is 1.69 bits per heavy atom. The van der Waals surface area contributed by atoms with Crippen molar-refractivity contribution < 1.29 is 4.52 Å². The normalized spacial score (nSPS) is 28.1. The summed E-state index contributed by atoms with van der Waals surface area (Å²) in [4.78, 5) is 3.96. The van der Waals surface area contributed by atoms with E-state index in [0.29, 0.717) is 12.6 Å². The van der Waals surface area contributed by atoms with Crippen molar-refractivity contribution in [2.45, 2.75) is 19.5 Å². The van der Waals surface area contributed by atoms with Gasteiger partial charge >= 0.3 is 0 Å². The predicted octanol–water partition coefficient (Wildman–Crippen LogP) is 0.911. The zero-order chi connectivity index (χ0) is 9.10. The zero-order valence-electron chi connectivity index (χ0n) is 7.56. The van der Waals surface area contributed by atoms with Crippen LogP contribution in [0, 0.1) is 5.92 Å². The van der Waals surface area contributed by atoms with Gasteiger partial charge < -0.3 is 9.84 Å². The maximum absolute atomic E-state index is 4.65. The van der Waals surface area contributed by atoms with Crippen LogP contribution in [0.4, 0.5) is 0 Å². The molecule has 0 aliphatic carbocycles. The molecule has 0 saturated carbocycles. The zero-order valence-corrected chi connectivity index (χ0v) is 8.38. The van der Waals surface area contributed by atoms with Crippen LogP contribution in [0.3, 0.4) is 0 Å². The van der Waals surface area contributed by atoms with E-state index in [0.717, 1.165) is 11.7 Å². The maximum atomic E-state index is 4.65. The molecule has 0 spiro atoms. The summed E-state index contributed by atoms with van der Waals surface area (Å²) in [6.07, 6.45) is 1.36. The topological polar surface area (TPSA) is 51.0 Å². The maximum Gasteiger partial charge on any atom is 0.213 e. The fraction of sp³-hybridized carbons (Fsp3) is 0.750. The molecule has 0 bridgehead atoms. The number of nitrogens with zero attached hydrogens (tertiary/aromatic N) is 2. The third kappa shape index (κ3) is 2.22. The van der Waals surface area contributed by atoms with Gasteiger partial charge in [-0.1, -0.05) is 12.1 Å². The molecule has 5 heteroatoms. The van der Waals surface area contributed by atoms with E-state index in [4.69, 9.17) is 0 Å². The molecule has 1 N–H and O–H groups in total. The van der Waals surface area contributed by atoms with Crippen molar-refractivity contribution in [2.75, 3.05) is 11.5 Å². The SMILES string of the molecule is CC1CSCC1NCc1ncon1. The van der Waals surface area contributed by atoms with E-state index in [1.165, 1.54) is 17.9 Å². The van der Waals surface area contributed by atoms with Crippen molar-refractivity contribution in [3.8, 4) is 0 Å². The monoisotopic (exact) mass is 199 g/mol. The van der Waals surface area contributed by atoms with Crippen LogP contribution in [0.5, 0.6) is 0 Å². The van der Waals surface area contributed by atoms with Crippen LogP contribution in [0.25, 0.3) is 0 Å². The van der Waals surface area contributed by atoms with E-state index in [9.17, 15) is 0 Å². The minimum Gasteiger partial charge on any atom is -0.343 e. The van der Waals surface area contributed by atoms with Crippen LogP contribution in [0.15, 0.2) is 10.9 Å². The second-order valence-electron chi connectivity index (χ2n) is 3.35. The van der Waals surface area contributed by atoms with Crippen molar-refractivity contribution in [1.82, 2.24) is 15.5 Å². The van der Waals surface area contributed by atoms with Gasteiger partial charge in [0.1, 0.15) is 0 Å². The van der Waals surface area contributed by atoms with Crippen LogP contribution in [-0.2, 0) is 6.54 Å². The van der Waals surface area contributed by atoms with Gasteiger partial charge in [0.2, 0.25) is 6.39 Å². The average molecular weight is 199 g/mol. The molecule has 2 heterocycles. The first-order valence-electron chi connectivity index (χ1n) is 4.42. The van der Waals surface area contributed by atoms with E-state index in [1.807, 2.05) is 11.8 Å². The Bertz CT molecular complexity index is 252. The molecular weight excluding hydrogens is 186 g/mol. The Morgan fingerprint density at radius 3 is 3.23 bits per heavy atom. The van der Waals surface area contributed by atoms with Crippen LogP contribution >= 0.6 is 11.8 Å². The Hall–Kier alpha value is -0.550. The van der Waals surface area contributed by atoms with Crippen LogP contribution in [0.2, 0.25) is 0 Å². The minimum atomic E-state index is 0.600. The van der Waals surface area contributed by atoms with Gasteiger partial charge in [0, 0.05) is 11.8 Å². The quantitative estimate of drug-likeness (QED) is 0.784. The lowest BCUT2D eigenvalue weighted by Crippen LogP contribution is -2.33. The third-order valence-electron chi connectivity index (χ3n) is 2.29. The number of nitrogens with one attached hydrogen (secondary N) is 1. The molecule has 1 fully saturated rings. The molecule has 0 aromatic carbocycles. The van der Waals surface area contributed by atoms with Gasteiger partial charge in [-0.15, -0.1) is 0 Å². The molecule has 2 atom stereocenters. The summed E-state index contributed by atoms with van der Waals surface area (Å²) in [5.41, 5.74) is 0. The van der Waals surface area contributed by atoms with E-state index in [2.05, 4.69) is 26.9 Å². The highest BCUT2D eigenvalue weighted by atomic mass is 32.2. The highest BCUT2D eigenvalue weighted by Crippen LogP contribution is 2.23. The van der Waals surface area contributed by atoms with Crippen LogP contribution < -0.4 is 5.32 Å². The van der Waals surface area contributed by atoms with E-state index < -0.39 is 0 Å². The molecule has 13 heavy (non-hydrogen) atoms. The van der Waals surface area contributed by atoms with Gasteiger partial charge in [-0.3, -0.25) is 0 Å². The fourth-order valence-corrected chi connectivity index (χ4v) is 2.85. The molecular formula is C8H13N3OS. The predicted molar refractivity (Wildman–Crippen MR) is 51.4 cm³/mol. The number of rotatable bonds is 3. The summed E-state index contributed by atoms with van der Waals surface area (Å²) >= 11 is 2.00. The fourth-order valence-electron chi connectivity index (χ4n) is 1.41. The van der Waals surface area contributed by atoms with Gasteiger partial charge in [0.05, 0.1) is 6.54 Å². The van der Waals surface area contributed by atoms with E-state index in [-0.39, 0.29) is 0 Å². The van der Waals surface area contributed by atoms with Crippen molar-refractivity contribution in [3.63, 3.8) is 0 Å². The van der Waals surface area contributed by atoms with Gasteiger partial charge in [-0.25, -0.2) is 0 Å². The molecule has 4 nitrogen and oxygen atoms in total. The summed E-state index contributed by atoms with van der Waals surface area (Å²) in [7, 11) is 0. The number of hydrogen-bond acceptors (Lipinski definition) is 5. The summed E-state index contributed by atoms with van der Waals surface area (Å²) in [5.74, 6) is 3.93. The smallest absolute Gasteiger partial charge is 0.213 e. The summed E-state index contributed by atoms with van der Waals surface area (Å²) < 4.78 is 4.65. The highest BCUT2D eigenvalue weighted by Gasteiger charge is 2.23. The molecule has 1 saturated heterocycles. The second kappa shape index (κ2) is 4.11. The Kier molecular flexibility index (Phi) is 2.85. The first kappa shape index (κ1) is 9.02. The van der Waals surface area contributed by atoms with Crippen molar-refractivity contribution >= 4 is 11.8 Å². The molecule has 1 aromatic heterocycles. The molecule has 0 radical (unpaired) electrons. The Labute approximate surface area is 81.5 Å². The van der Waals surface area contributed by atoms with Crippen molar-refractivity contribution in [3.05, 3.63) is 12.2 Å². The summed E-state index contributed by atoms with van der Waals surface area (Å²) in [6, 6.07) is 0.600. The third-order valence-corrected chi connectivity index (χ3v) is 3.65. The van der Waals surface area contributed by atoms with Crippen molar-refractivity contribution in [2.24, 2.45) is 5.92 Å². The van der Waals surface area contributed by atoms with E-state index >= 15 is 0 Å². The molecule has 2 rings (SSSR count). The molecule has 2 unspecified atom stereocenters. The van der Waals surface area contributed by atoms with Gasteiger partial charge in [0.25, 0.3) is 0 Å². The lowest BCUT2D eigenvalue weighted by atomic mass is 10.1. The Balaban J connectivity index is 1.79. The first-order valence-corrected chi connectivity index (χ1v) is 5.58. The molecule has 1 aliphatic heterocycles. The number of thioether (sulfide) groups is 1. The first-order chi connectivity index (χ1) is 6.36. The van der Waals surface area contributed by atoms with Crippen molar-refractivity contribution in [1.29, 1.82) is 0 Å². The highest BCUT2D eigenvalue weighted by molar-refractivity contribution is 7.99. The molecule has 0 amide bonds. The number of hydrogen-bond donors (Lipinski definition) is 1. The average Bonchev–Trinajstić information content (AvgIpc) is 2.72. The van der Waals surface area contributed by atoms with Crippen LogP contribution in [-0.4, -0.2) is 27.7 Å². The lowest BCUT2D eigenvalue weighted by molar-refractivity contribution is 0.397. The van der Waals surface area contributed by atoms with E-state index in [1.54, 1.807) is 0 Å². The van der Waals surface area contributed by atoms with Gasteiger partial charge in [-0.2, -0.15) is 16.7 Å². The second-order valence-corrected chi connectivity index (χ2v) is 4.42. The van der Waals surface area contributed by atoms with Crippen LogP contribution in [0.1, 0.15) is 12.7 Å².